The molecule has 2 N–H and O–H groups in total. The monoisotopic (exact) mass is 383 g/mol. The van der Waals surface area contributed by atoms with Gasteiger partial charge in [-0.25, -0.2) is 0 Å². The predicted molar refractivity (Wildman–Crippen MR) is 112 cm³/mol. The molecule has 0 saturated carbocycles. The molecule has 150 valence electrons. The third-order valence-electron chi connectivity index (χ3n) is 5.36. The van der Waals surface area contributed by atoms with Crippen LogP contribution in [0.1, 0.15) is 43.4 Å². The molecule has 1 atom stereocenters. The minimum atomic E-state index is 0.152. The number of quaternary nitrogens is 1. The first kappa shape index (κ1) is 20.2. The van der Waals surface area contributed by atoms with Gasteiger partial charge in [0.15, 0.2) is 11.5 Å². The average Bonchev–Trinajstić information content (AvgIpc) is 2.74. The number of rotatable bonds is 8. The van der Waals surface area contributed by atoms with Gasteiger partial charge in [0.25, 0.3) is 0 Å². The number of aromatic hydroxyl groups is 1. The molecule has 2 aromatic rings. The van der Waals surface area contributed by atoms with E-state index in [9.17, 15) is 5.11 Å². The maximum Gasteiger partial charge on any atom is 0.166 e. The molecule has 0 radical (unpaired) electrons. The minimum Gasteiger partial charge on any atom is -0.504 e. The Hall–Kier alpha value is -2.53. The molecule has 0 aromatic heterocycles. The zero-order valence-electron chi connectivity index (χ0n) is 16.9. The molecular weight excluding hydrogens is 352 g/mol. The van der Waals surface area contributed by atoms with Gasteiger partial charge in [-0.1, -0.05) is 6.07 Å². The van der Waals surface area contributed by atoms with Crippen LogP contribution in [0.15, 0.2) is 47.5 Å². The van der Waals surface area contributed by atoms with E-state index in [1.54, 1.807) is 24.3 Å². The normalized spacial score (nSPS) is 16.2. The summed E-state index contributed by atoms with van der Waals surface area (Å²) in [5.74, 6) is 1.52. The summed E-state index contributed by atoms with van der Waals surface area (Å²) >= 11 is 0. The summed E-state index contributed by atoms with van der Waals surface area (Å²) in [5.41, 5.74) is 1.97. The van der Waals surface area contributed by atoms with Crippen LogP contribution in [-0.4, -0.2) is 44.7 Å². The van der Waals surface area contributed by atoms with E-state index in [1.807, 2.05) is 31.2 Å². The van der Waals surface area contributed by atoms with Gasteiger partial charge in [0.05, 0.1) is 33.4 Å². The Morgan fingerprint density at radius 3 is 2.54 bits per heavy atom. The number of ether oxygens (including phenoxy) is 2. The van der Waals surface area contributed by atoms with E-state index in [0.717, 1.165) is 5.75 Å². The number of para-hydroxylation sites is 1. The zero-order chi connectivity index (χ0) is 19.8. The van der Waals surface area contributed by atoms with Crippen LogP contribution in [0.25, 0.3) is 0 Å². The lowest BCUT2D eigenvalue weighted by molar-refractivity contribution is -0.934. The Bertz CT molecular complexity index is 768. The lowest BCUT2D eigenvalue weighted by Crippen LogP contribution is -3.13. The van der Waals surface area contributed by atoms with E-state index in [1.165, 1.54) is 37.9 Å². The van der Waals surface area contributed by atoms with Crippen LogP contribution in [0.4, 0.5) is 0 Å². The summed E-state index contributed by atoms with van der Waals surface area (Å²) < 4.78 is 10.8. The quantitative estimate of drug-likeness (QED) is 0.689. The Balaban J connectivity index is 1.77. The second-order valence-electron chi connectivity index (χ2n) is 7.17. The van der Waals surface area contributed by atoms with Crippen molar-refractivity contribution < 1.29 is 19.5 Å². The van der Waals surface area contributed by atoms with Crippen molar-refractivity contribution in [3.8, 4) is 17.2 Å². The molecule has 0 aliphatic carbocycles. The van der Waals surface area contributed by atoms with Gasteiger partial charge in [0.2, 0.25) is 0 Å². The molecule has 1 aliphatic rings. The number of hydrogen-bond donors (Lipinski definition) is 2. The Morgan fingerprint density at radius 2 is 1.86 bits per heavy atom. The smallest absolute Gasteiger partial charge is 0.166 e. The standard InChI is InChI=1S/C23H30N2O3/c1-3-28-22-9-7-8-19(23(22)26)16-24-17-21(25-14-5-4-6-15-25)18-10-12-20(27-2)13-11-18/h7-13,16,21,26H,3-6,14-15,17H2,1-2H3/p+1/t21-/m1/s1. The number of phenols is 1. The summed E-state index contributed by atoms with van der Waals surface area (Å²) in [6, 6.07) is 14.1. The van der Waals surface area contributed by atoms with Crippen molar-refractivity contribution in [2.45, 2.75) is 32.2 Å². The number of phenolic OH excluding ortho intramolecular Hbond substituents is 1. The number of methoxy groups -OCH3 is 1. The van der Waals surface area contributed by atoms with Crippen LogP contribution in [0.3, 0.4) is 0 Å². The number of likely N-dealkylation sites (tertiary alicyclic amines) is 1. The molecule has 0 bridgehead atoms. The fraction of sp³-hybridized carbons (Fsp3) is 0.435. The first-order valence-corrected chi connectivity index (χ1v) is 10.2. The second-order valence-corrected chi connectivity index (χ2v) is 7.17. The summed E-state index contributed by atoms with van der Waals surface area (Å²) in [6.45, 7) is 5.46. The fourth-order valence-electron chi connectivity index (χ4n) is 3.83. The highest BCUT2D eigenvalue weighted by molar-refractivity contribution is 5.84. The molecule has 0 spiro atoms. The number of piperidine rings is 1. The summed E-state index contributed by atoms with van der Waals surface area (Å²) in [5, 5.41) is 10.4. The number of hydrogen-bond acceptors (Lipinski definition) is 4. The third kappa shape index (κ3) is 5.04. The first-order chi connectivity index (χ1) is 13.7. The number of aliphatic imine (C=N–C) groups is 1. The van der Waals surface area contributed by atoms with Gasteiger partial charge >= 0.3 is 0 Å². The van der Waals surface area contributed by atoms with Crippen LogP contribution in [-0.2, 0) is 0 Å². The van der Waals surface area contributed by atoms with Gasteiger partial charge in [0, 0.05) is 17.3 Å². The topological polar surface area (TPSA) is 55.5 Å². The molecule has 5 heteroatoms. The average molecular weight is 384 g/mol. The fourth-order valence-corrected chi connectivity index (χ4v) is 3.83. The van der Waals surface area contributed by atoms with Crippen LogP contribution < -0.4 is 14.4 Å². The number of nitrogens with one attached hydrogen (secondary N) is 1. The van der Waals surface area contributed by atoms with Gasteiger partial charge < -0.3 is 19.5 Å². The highest BCUT2D eigenvalue weighted by atomic mass is 16.5. The maximum absolute atomic E-state index is 10.4. The summed E-state index contributed by atoms with van der Waals surface area (Å²) in [4.78, 5) is 6.29. The summed E-state index contributed by atoms with van der Waals surface area (Å²) in [6.07, 6.45) is 5.61. The van der Waals surface area contributed by atoms with Crippen LogP contribution in [0.5, 0.6) is 17.2 Å². The maximum atomic E-state index is 10.4. The Labute approximate surface area is 167 Å². The molecule has 1 heterocycles. The highest BCUT2D eigenvalue weighted by Gasteiger charge is 2.25. The highest BCUT2D eigenvalue weighted by Crippen LogP contribution is 2.28. The van der Waals surface area contributed by atoms with E-state index < -0.39 is 0 Å². The van der Waals surface area contributed by atoms with Crippen molar-refractivity contribution in [2.24, 2.45) is 4.99 Å². The molecule has 2 aromatic carbocycles. The molecule has 0 amide bonds. The van der Waals surface area contributed by atoms with Gasteiger partial charge in [-0.2, -0.15) is 0 Å². The molecule has 28 heavy (non-hydrogen) atoms. The largest absolute Gasteiger partial charge is 0.504 e. The van der Waals surface area contributed by atoms with Crippen molar-refractivity contribution in [3.63, 3.8) is 0 Å². The SMILES string of the molecule is CCOc1cccc(C=NC[C@H](c2ccc(OC)cc2)[NH+]2CCCCC2)c1O. The van der Waals surface area contributed by atoms with Crippen molar-refractivity contribution in [2.75, 3.05) is 33.4 Å². The van der Waals surface area contributed by atoms with Crippen LogP contribution in [0.2, 0.25) is 0 Å². The van der Waals surface area contributed by atoms with E-state index in [2.05, 4.69) is 12.1 Å². The minimum absolute atomic E-state index is 0.152. The lowest BCUT2D eigenvalue weighted by Gasteiger charge is -2.31. The Morgan fingerprint density at radius 1 is 1.11 bits per heavy atom. The zero-order valence-corrected chi connectivity index (χ0v) is 16.9. The number of nitrogens with zero attached hydrogens (tertiary/aromatic N) is 1. The van der Waals surface area contributed by atoms with Crippen molar-refractivity contribution in [1.82, 2.24) is 0 Å². The van der Waals surface area contributed by atoms with Gasteiger partial charge in [-0.05, 0) is 62.6 Å². The lowest BCUT2D eigenvalue weighted by atomic mass is 10.0. The van der Waals surface area contributed by atoms with E-state index in [0.29, 0.717) is 30.5 Å². The predicted octanol–water partition coefficient (Wildman–Crippen LogP) is 3.03. The van der Waals surface area contributed by atoms with Crippen molar-refractivity contribution in [1.29, 1.82) is 0 Å². The molecule has 1 aliphatic heterocycles. The van der Waals surface area contributed by atoms with Gasteiger partial charge in [-0.15, -0.1) is 0 Å². The van der Waals surface area contributed by atoms with E-state index >= 15 is 0 Å². The van der Waals surface area contributed by atoms with E-state index in [-0.39, 0.29) is 5.75 Å². The molecule has 3 rings (SSSR count). The number of benzene rings is 2. The van der Waals surface area contributed by atoms with Crippen molar-refractivity contribution in [3.05, 3.63) is 53.6 Å². The van der Waals surface area contributed by atoms with Crippen molar-refractivity contribution >= 4 is 6.21 Å². The molecule has 1 fully saturated rings. The molecule has 0 unspecified atom stereocenters. The second kappa shape index (κ2) is 10.1. The summed E-state index contributed by atoms with van der Waals surface area (Å²) in [7, 11) is 1.69. The molecule has 5 nitrogen and oxygen atoms in total. The third-order valence-corrected chi connectivity index (χ3v) is 5.36. The van der Waals surface area contributed by atoms with Crippen LogP contribution >= 0.6 is 0 Å². The molecule has 1 saturated heterocycles. The van der Waals surface area contributed by atoms with Gasteiger partial charge in [-0.3, -0.25) is 4.99 Å². The first-order valence-electron chi connectivity index (χ1n) is 10.2. The van der Waals surface area contributed by atoms with Crippen LogP contribution in [0, 0.1) is 0 Å². The Kier molecular flexibility index (Phi) is 7.31. The van der Waals surface area contributed by atoms with E-state index in [4.69, 9.17) is 14.5 Å². The van der Waals surface area contributed by atoms with Gasteiger partial charge in [0.1, 0.15) is 11.8 Å². The molecular formula is C23H31N2O3+.